The van der Waals surface area contributed by atoms with Gasteiger partial charge in [0.15, 0.2) is 0 Å². The number of primary amides is 1. The molecule has 3 atom stereocenters. The normalized spacial score (nSPS) is 14.2. The van der Waals surface area contributed by atoms with Crippen molar-refractivity contribution in [3.63, 3.8) is 0 Å². The largest absolute Gasteiger partial charge is 0.368 e. The second-order valence-electron chi connectivity index (χ2n) is 6.79. The molecule has 4 amide bonds. The van der Waals surface area contributed by atoms with Gasteiger partial charge in [0.2, 0.25) is 23.6 Å². The molecule has 0 aromatic heterocycles. The smallest absolute Gasteiger partial charge is 0.244 e. The highest BCUT2D eigenvalue weighted by molar-refractivity contribution is 5.93. The van der Waals surface area contributed by atoms with E-state index >= 15 is 0 Å². The second-order valence-corrected chi connectivity index (χ2v) is 6.79. The van der Waals surface area contributed by atoms with Crippen molar-refractivity contribution in [2.24, 2.45) is 17.6 Å². The summed E-state index contributed by atoms with van der Waals surface area (Å²) in [5.74, 6) is -3.18. The van der Waals surface area contributed by atoms with Gasteiger partial charge in [-0.25, -0.2) is 5.48 Å². The first-order chi connectivity index (χ1) is 12.1. The number of amides is 4. The summed E-state index contributed by atoms with van der Waals surface area (Å²) in [6.07, 6.45) is 2.93. The highest BCUT2D eigenvalue weighted by Crippen LogP contribution is 2.15. The van der Waals surface area contributed by atoms with E-state index in [4.69, 9.17) is 10.9 Å². The quantitative estimate of drug-likeness (QED) is 0.188. The van der Waals surface area contributed by atoms with Gasteiger partial charge in [0, 0.05) is 12.3 Å². The predicted molar refractivity (Wildman–Crippen MR) is 95.7 cm³/mol. The second kappa shape index (κ2) is 12.2. The number of nitrogens with one attached hydrogen (secondary N) is 3. The summed E-state index contributed by atoms with van der Waals surface area (Å²) >= 11 is 0. The van der Waals surface area contributed by atoms with Crippen molar-refractivity contribution < 1.29 is 24.4 Å². The van der Waals surface area contributed by atoms with Crippen LogP contribution in [-0.2, 0) is 19.2 Å². The molecule has 0 aliphatic heterocycles. The number of hydroxylamine groups is 1. The summed E-state index contributed by atoms with van der Waals surface area (Å²) in [6, 6.07) is -1.73. The SMILES string of the molecule is CCCCCC(CC(=O)NO)C(=O)N[C@H](C(=O)N[C@@H](C)C(N)=O)C(C)C. The fourth-order valence-corrected chi connectivity index (χ4v) is 2.42. The zero-order valence-corrected chi connectivity index (χ0v) is 16.0. The average Bonchev–Trinajstić information content (AvgIpc) is 2.57. The van der Waals surface area contributed by atoms with Crippen LogP contribution in [0.1, 0.15) is 59.8 Å². The third-order valence-corrected chi connectivity index (χ3v) is 4.12. The van der Waals surface area contributed by atoms with E-state index in [1.54, 1.807) is 13.8 Å². The first-order valence-electron chi connectivity index (χ1n) is 8.96. The van der Waals surface area contributed by atoms with Gasteiger partial charge in [-0.15, -0.1) is 0 Å². The molecular formula is C17H32N4O5. The summed E-state index contributed by atoms with van der Waals surface area (Å²) in [5.41, 5.74) is 6.67. The molecule has 9 heteroatoms. The number of carbonyl (C=O) groups is 4. The Morgan fingerprint density at radius 1 is 1.00 bits per heavy atom. The molecule has 0 fully saturated rings. The van der Waals surface area contributed by atoms with Crippen LogP contribution in [-0.4, -0.2) is 40.9 Å². The minimum atomic E-state index is -0.866. The van der Waals surface area contributed by atoms with Crippen LogP contribution in [0.2, 0.25) is 0 Å². The molecule has 9 nitrogen and oxygen atoms in total. The van der Waals surface area contributed by atoms with E-state index in [2.05, 4.69) is 10.6 Å². The number of hydrogen-bond donors (Lipinski definition) is 5. The van der Waals surface area contributed by atoms with Gasteiger partial charge in [0.05, 0.1) is 0 Å². The van der Waals surface area contributed by atoms with Crippen LogP contribution in [0.15, 0.2) is 0 Å². The summed E-state index contributed by atoms with van der Waals surface area (Å²) in [5, 5.41) is 13.8. The van der Waals surface area contributed by atoms with Gasteiger partial charge < -0.3 is 16.4 Å². The molecule has 150 valence electrons. The van der Waals surface area contributed by atoms with Gasteiger partial charge in [0.25, 0.3) is 0 Å². The lowest BCUT2D eigenvalue weighted by atomic mass is 9.94. The van der Waals surface area contributed by atoms with Gasteiger partial charge in [0.1, 0.15) is 12.1 Å². The Labute approximate surface area is 154 Å². The van der Waals surface area contributed by atoms with Gasteiger partial charge in [-0.3, -0.25) is 24.4 Å². The van der Waals surface area contributed by atoms with Crippen molar-refractivity contribution in [2.75, 3.05) is 0 Å². The highest BCUT2D eigenvalue weighted by atomic mass is 16.5. The minimum absolute atomic E-state index is 0.170. The minimum Gasteiger partial charge on any atom is -0.368 e. The molecule has 0 radical (unpaired) electrons. The Morgan fingerprint density at radius 2 is 1.62 bits per heavy atom. The Bertz CT molecular complexity index is 496. The molecule has 0 aromatic carbocycles. The zero-order valence-electron chi connectivity index (χ0n) is 16.0. The number of carbonyl (C=O) groups excluding carboxylic acids is 4. The van der Waals surface area contributed by atoms with E-state index in [0.29, 0.717) is 6.42 Å². The van der Waals surface area contributed by atoms with E-state index in [1.807, 2.05) is 6.92 Å². The fourth-order valence-electron chi connectivity index (χ4n) is 2.42. The first-order valence-corrected chi connectivity index (χ1v) is 8.96. The number of unbranched alkanes of at least 4 members (excludes halogenated alkanes) is 2. The Balaban J connectivity index is 5.06. The zero-order chi connectivity index (χ0) is 20.3. The lowest BCUT2D eigenvalue weighted by molar-refractivity contribution is -0.137. The maximum atomic E-state index is 12.6. The molecule has 0 spiro atoms. The monoisotopic (exact) mass is 372 g/mol. The molecule has 0 aromatic rings. The van der Waals surface area contributed by atoms with Crippen molar-refractivity contribution in [2.45, 2.75) is 71.9 Å². The Hall–Kier alpha value is -2.16. The lowest BCUT2D eigenvalue weighted by Gasteiger charge is -2.25. The standard InChI is InChI=1S/C17H32N4O5/c1-5-6-7-8-12(9-13(22)21-26)16(24)20-14(10(2)3)17(25)19-11(4)15(18)23/h10-12,14,26H,5-9H2,1-4H3,(H2,18,23)(H,19,25)(H,20,24)(H,21,22)/t11-,12?,14-/m0/s1. The molecular weight excluding hydrogens is 340 g/mol. The van der Waals surface area contributed by atoms with Crippen LogP contribution in [0.4, 0.5) is 0 Å². The topological polar surface area (TPSA) is 151 Å². The third kappa shape index (κ3) is 8.80. The van der Waals surface area contributed by atoms with Crippen LogP contribution >= 0.6 is 0 Å². The van der Waals surface area contributed by atoms with Crippen molar-refractivity contribution in [1.29, 1.82) is 0 Å². The molecule has 26 heavy (non-hydrogen) atoms. The van der Waals surface area contributed by atoms with E-state index in [9.17, 15) is 19.2 Å². The van der Waals surface area contributed by atoms with Gasteiger partial charge in [-0.05, 0) is 19.3 Å². The third-order valence-electron chi connectivity index (χ3n) is 4.12. The van der Waals surface area contributed by atoms with Crippen molar-refractivity contribution in [1.82, 2.24) is 16.1 Å². The van der Waals surface area contributed by atoms with Crippen molar-refractivity contribution in [3.8, 4) is 0 Å². The maximum absolute atomic E-state index is 12.6. The number of hydrogen-bond acceptors (Lipinski definition) is 5. The van der Waals surface area contributed by atoms with Crippen molar-refractivity contribution >= 4 is 23.6 Å². The Morgan fingerprint density at radius 3 is 2.08 bits per heavy atom. The van der Waals surface area contributed by atoms with Crippen LogP contribution < -0.4 is 21.8 Å². The number of nitrogens with two attached hydrogens (primary N) is 1. The molecule has 1 unspecified atom stereocenters. The van der Waals surface area contributed by atoms with Crippen LogP contribution in [0.3, 0.4) is 0 Å². The maximum Gasteiger partial charge on any atom is 0.244 e. The molecule has 0 saturated carbocycles. The molecule has 0 heterocycles. The summed E-state index contributed by atoms with van der Waals surface area (Å²) < 4.78 is 0. The van der Waals surface area contributed by atoms with Crippen LogP contribution in [0, 0.1) is 11.8 Å². The van der Waals surface area contributed by atoms with Crippen molar-refractivity contribution in [3.05, 3.63) is 0 Å². The van der Waals surface area contributed by atoms with Gasteiger partial charge >= 0.3 is 0 Å². The number of rotatable bonds is 12. The molecule has 0 rings (SSSR count). The fraction of sp³-hybridized carbons (Fsp3) is 0.765. The predicted octanol–water partition coefficient (Wildman–Crippen LogP) is 0.209. The highest BCUT2D eigenvalue weighted by Gasteiger charge is 2.30. The summed E-state index contributed by atoms with van der Waals surface area (Å²) in [6.45, 7) is 6.99. The molecule has 0 saturated heterocycles. The Kier molecular flexibility index (Phi) is 11.2. The van der Waals surface area contributed by atoms with E-state index in [-0.39, 0.29) is 12.3 Å². The van der Waals surface area contributed by atoms with Gasteiger partial charge in [-0.2, -0.15) is 0 Å². The molecule has 0 aliphatic carbocycles. The van der Waals surface area contributed by atoms with Gasteiger partial charge in [-0.1, -0.05) is 40.0 Å². The molecule has 6 N–H and O–H groups in total. The van der Waals surface area contributed by atoms with Crippen LogP contribution in [0.5, 0.6) is 0 Å². The first kappa shape index (κ1) is 23.8. The van der Waals surface area contributed by atoms with E-state index in [1.165, 1.54) is 12.4 Å². The molecule has 0 aliphatic rings. The van der Waals surface area contributed by atoms with E-state index in [0.717, 1.165) is 19.3 Å². The van der Waals surface area contributed by atoms with E-state index < -0.39 is 41.6 Å². The summed E-state index contributed by atoms with van der Waals surface area (Å²) in [4.78, 5) is 47.5. The molecule has 0 bridgehead atoms. The lowest BCUT2D eigenvalue weighted by Crippen LogP contribution is -2.55. The summed E-state index contributed by atoms with van der Waals surface area (Å²) in [7, 11) is 0. The van der Waals surface area contributed by atoms with Crippen LogP contribution in [0.25, 0.3) is 0 Å². The average molecular weight is 372 g/mol.